The molecule has 6 nitrogen and oxygen atoms in total. The largest absolute Gasteiger partial charge is 0.371 e. The van der Waals surface area contributed by atoms with Crippen molar-refractivity contribution in [1.29, 1.82) is 0 Å². The zero-order valence-corrected chi connectivity index (χ0v) is 19.1. The van der Waals surface area contributed by atoms with Gasteiger partial charge in [-0.15, -0.1) is 12.1 Å². The van der Waals surface area contributed by atoms with Crippen LogP contribution in [0.4, 0.5) is 5.69 Å². The molecule has 0 N–H and O–H groups in total. The zero-order chi connectivity index (χ0) is 13.8. The SMILES string of the molecule is [C-]#[N+]c1[c-]c2cccn2nc1.[CH3-].[CH3-].[Y].[Y].[c-]1ncnn2cccc12. The molecule has 8 heteroatoms. The molecule has 0 saturated carbocycles. The average Bonchev–Trinajstić information content (AvgIpc) is 3.15. The molecule has 0 aliphatic heterocycles. The summed E-state index contributed by atoms with van der Waals surface area (Å²) < 4.78 is 3.39. The van der Waals surface area contributed by atoms with Crippen molar-refractivity contribution in [3.05, 3.63) is 87.7 Å². The van der Waals surface area contributed by atoms with Crippen LogP contribution in [0.15, 0.2) is 49.2 Å². The molecule has 0 aliphatic rings. The summed E-state index contributed by atoms with van der Waals surface area (Å²) >= 11 is 0. The van der Waals surface area contributed by atoms with E-state index in [9.17, 15) is 0 Å². The third-order valence-electron chi connectivity index (χ3n) is 2.55. The number of aromatic nitrogens is 5. The van der Waals surface area contributed by atoms with Gasteiger partial charge in [-0.3, -0.25) is 19.0 Å². The van der Waals surface area contributed by atoms with E-state index in [1.54, 1.807) is 9.03 Å². The molecule has 24 heavy (non-hydrogen) atoms. The van der Waals surface area contributed by atoms with Crippen LogP contribution in [0, 0.1) is 33.7 Å². The van der Waals surface area contributed by atoms with Gasteiger partial charge in [-0.05, 0) is 11.7 Å². The number of fused-ring (bicyclic) bond motifs is 2. The average molecular weight is 468 g/mol. The molecule has 4 aromatic rings. The summed E-state index contributed by atoms with van der Waals surface area (Å²) in [7, 11) is 0. The van der Waals surface area contributed by atoms with Gasteiger partial charge in [0.2, 0.25) is 0 Å². The molecule has 0 bridgehead atoms. The van der Waals surface area contributed by atoms with E-state index in [-0.39, 0.29) is 80.3 Å². The Bertz CT molecular complexity index is 864. The first-order valence-electron chi connectivity index (χ1n) is 5.76. The van der Waals surface area contributed by atoms with Crippen molar-refractivity contribution >= 4 is 16.7 Å². The Morgan fingerprint density at radius 1 is 0.958 bits per heavy atom. The minimum Gasteiger partial charge on any atom is -0.371 e. The molecule has 4 aromatic heterocycles. The van der Waals surface area contributed by atoms with E-state index in [0.29, 0.717) is 5.69 Å². The summed E-state index contributed by atoms with van der Waals surface area (Å²) in [4.78, 5) is 6.95. The van der Waals surface area contributed by atoms with E-state index in [1.807, 2.05) is 36.7 Å². The van der Waals surface area contributed by atoms with Gasteiger partial charge in [0.05, 0.1) is 12.3 Å². The molecule has 4 rings (SSSR count). The van der Waals surface area contributed by atoms with Gasteiger partial charge in [0.15, 0.2) is 0 Å². The fourth-order valence-electron chi connectivity index (χ4n) is 1.65. The second kappa shape index (κ2) is 12.4. The molecule has 0 fully saturated rings. The van der Waals surface area contributed by atoms with Crippen molar-refractivity contribution in [2.45, 2.75) is 0 Å². The van der Waals surface area contributed by atoms with E-state index in [1.165, 1.54) is 12.5 Å². The Hall–Kier alpha value is -0.992. The molecular weight excluding hydrogens is 454 g/mol. The molecule has 0 atom stereocenters. The van der Waals surface area contributed by atoms with Gasteiger partial charge in [0.25, 0.3) is 0 Å². The third kappa shape index (κ3) is 6.14. The molecule has 2 radical (unpaired) electrons. The molecule has 0 spiro atoms. The number of nitrogens with zero attached hydrogens (tertiary/aromatic N) is 6. The molecule has 0 aromatic carbocycles. The van der Waals surface area contributed by atoms with Crippen molar-refractivity contribution in [3.63, 3.8) is 0 Å². The quantitative estimate of drug-likeness (QED) is 0.373. The van der Waals surface area contributed by atoms with Crippen molar-refractivity contribution in [3.8, 4) is 0 Å². The fraction of sp³-hybridized carbons (Fsp3) is 0. The summed E-state index contributed by atoms with van der Waals surface area (Å²) in [5, 5.41) is 7.90. The molecule has 0 aliphatic carbocycles. The second-order valence-electron chi connectivity index (χ2n) is 3.81. The standard InChI is InChI=1S/C8H4N3.C6H4N3.2CH3.2Y/c1-9-7-5-8-3-2-4-11(8)10-6-7;1-2-6-4-7-5-8-9(6)3-1;;;;/h2-4,6H;1-3,5H;2*1H3;;/q4*-1;;. The van der Waals surface area contributed by atoms with Crippen molar-refractivity contribution in [2.24, 2.45) is 0 Å². The van der Waals surface area contributed by atoms with Crippen LogP contribution in [0.2, 0.25) is 0 Å². The number of hydrogen-bond acceptors (Lipinski definition) is 3. The summed E-state index contributed by atoms with van der Waals surface area (Å²) in [5.74, 6) is 0. The normalized spacial score (nSPS) is 8.29. The summed E-state index contributed by atoms with van der Waals surface area (Å²) in [6.45, 7) is 6.72. The Morgan fingerprint density at radius 2 is 1.58 bits per heavy atom. The maximum atomic E-state index is 6.72. The predicted octanol–water partition coefficient (Wildman–Crippen LogP) is 3.11. The smallest absolute Gasteiger partial charge is 0.0992 e. The summed E-state index contributed by atoms with van der Waals surface area (Å²) in [5.41, 5.74) is 2.19. The van der Waals surface area contributed by atoms with Gasteiger partial charge in [0.1, 0.15) is 0 Å². The Balaban J connectivity index is 0. The molecule has 0 unspecified atom stereocenters. The first-order chi connectivity index (χ1) is 9.86. The summed E-state index contributed by atoms with van der Waals surface area (Å²) in [6.07, 6.45) is 9.42. The van der Waals surface area contributed by atoms with Gasteiger partial charge in [-0.25, -0.2) is 5.10 Å². The number of rotatable bonds is 0. The topological polar surface area (TPSA) is 51.8 Å². The first-order valence-corrected chi connectivity index (χ1v) is 5.76. The molecular formula is C16H14N6Y2-4. The van der Waals surface area contributed by atoms with Gasteiger partial charge in [0, 0.05) is 84.1 Å². The van der Waals surface area contributed by atoms with Crippen LogP contribution in [0.3, 0.4) is 0 Å². The van der Waals surface area contributed by atoms with E-state index < -0.39 is 0 Å². The minimum atomic E-state index is 0. The summed E-state index contributed by atoms with van der Waals surface area (Å²) in [6, 6.07) is 10.4. The molecule has 0 saturated heterocycles. The number of hydrogen-bond donors (Lipinski definition) is 0. The van der Waals surface area contributed by atoms with Crippen LogP contribution >= 0.6 is 0 Å². The van der Waals surface area contributed by atoms with Gasteiger partial charge in [-0.1, -0.05) is 23.8 Å². The van der Waals surface area contributed by atoms with E-state index >= 15 is 0 Å². The van der Waals surface area contributed by atoms with E-state index in [4.69, 9.17) is 6.57 Å². The Morgan fingerprint density at radius 3 is 2.21 bits per heavy atom. The van der Waals surface area contributed by atoms with Crippen LogP contribution in [-0.4, -0.2) is 24.2 Å². The van der Waals surface area contributed by atoms with Crippen molar-refractivity contribution in [2.75, 3.05) is 0 Å². The fourth-order valence-corrected chi connectivity index (χ4v) is 1.65. The van der Waals surface area contributed by atoms with Crippen LogP contribution in [0.25, 0.3) is 15.9 Å². The van der Waals surface area contributed by atoms with Crippen LogP contribution in [-0.2, 0) is 65.4 Å². The molecule has 4 heterocycles. The maximum Gasteiger partial charge on any atom is 0.0992 e. The zero-order valence-electron chi connectivity index (χ0n) is 13.5. The molecule has 0 amide bonds. The van der Waals surface area contributed by atoms with Crippen LogP contribution in [0.5, 0.6) is 0 Å². The minimum absolute atomic E-state index is 0. The second-order valence-corrected chi connectivity index (χ2v) is 3.81. The van der Waals surface area contributed by atoms with Gasteiger partial charge < -0.3 is 19.8 Å². The van der Waals surface area contributed by atoms with Gasteiger partial charge >= 0.3 is 0 Å². The first kappa shape index (κ1) is 25.3. The van der Waals surface area contributed by atoms with Crippen molar-refractivity contribution in [1.82, 2.24) is 24.2 Å². The Labute approximate surface area is 192 Å². The monoisotopic (exact) mass is 468 g/mol. The van der Waals surface area contributed by atoms with E-state index in [0.717, 1.165) is 11.0 Å². The van der Waals surface area contributed by atoms with Crippen LogP contribution < -0.4 is 0 Å². The van der Waals surface area contributed by atoms with Crippen LogP contribution in [0.1, 0.15) is 0 Å². The molecule has 118 valence electrons. The Kier molecular flexibility index (Phi) is 13.0. The van der Waals surface area contributed by atoms with E-state index in [2.05, 4.69) is 32.3 Å². The maximum absolute atomic E-state index is 6.72. The predicted molar refractivity (Wildman–Crippen MR) is 84.9 cm³/mol. The van der Waals surface area contributed by atoms with Crippen molar-refractivity contribution < 1.29 is 65.4 Å². The third-order valence-corrected chi connectivity index (χ3v) is 2.55. The van der Waals surface area contributed by atoms with Gasteiger partial charge in [-0.2, -0.15) is 6.07 Å².